The third kappa shape index (κ3) is 2.46. The summed E-state index contributed by atoms with van der Waals surface area (Å²) in [5.41, 5.74) is 0.217. The van der Waals surface area contributed by atoms with Crippen LogP contribution in [0.15, 0.2) is 23.1 Å². The number of carbonyl (C=O) groups is 1. The van der Waals surface area contributed by atoms with Crippen LogP contribution in [0.2, 0.25) is 0 Å². The first-order valence-electron chi connectivity index (χ1n) is 3.69. The lowest BCUT2D eigenvalue weighted by atomic mass is 10.1. The summed E-state index contributed by atoms with van der Waals surface area (Å²) in [6.07, 6.45) is -0.263. The molecule has 1 rings (SSSR count). The maximum atomic E-state index is 10.4. The van der Waals surface area contributed by atoms with Crippen molar-refractivity contribution in [2.24, 2.45) is 0 Å². The smallest absolute Gasteiger partial charge is 0.307 e. The molecule has 1 aromatic rings. The lowest BCUT2D eigenvalue weighted by Gasteiger charge is -2.00. The van der Waals surface area contributed by atoms with Gasteiger partial charge in [-0.2, -0.15) is 0 Å². The molecule has 0 saturated heterocycles. The van der Waals surface area contributed by atoms with Crippen molar-refractivity contribution >= 4 is 24.3 Å². The molecular formula is C8H7NO4S. The standard InChI is InChI=1S/C8H7NO4S/c10-8(11)4-5-3-6(9(12)13)1-2-7(5)14/h1-3,14H,4H2,(H,10,11). The number of nitrogens with zero attached hydrogens (tertiary/aromatic N) is 1. The third-order valence-corrected chi connectivity index (χ3v) is 2.05. The Balaban J connectivity index is 3.08. The molecule has 14 heavy (non-hydrogen) atoms. The number of nitro benzene ring substituents is 1. The van der Waals surface area contributed by atoms with Crippen molar-refractivity contribution < 1.29 is 14.8 Å². The molecule has 0 atom stereocenters. The molecule has 0 bridgehead atoms. The average Bonchev–Trinajstić information content (AvgIpc) is 2.07. The van der Waals surface area contributed by atoms with E-state index in [4.69, 9.17) is 5.11 Å². The topological polar surface area (TPSA) is 80.4 Å². The summed E-state index contributed by atoms with van der Waals surface area (Å²) < 4.78 is 0. The SMILES string of the molecule is O=C(O)Cc1cc([N+](=O)[O-])ccc1S. The average molecular weight is 213 g/mol. The zero-order valence-electron chi connectivity index (χ0n) is 7.01. The van der Waals surface area contributed by atoms with Gasteiger partial charge in [0.15, 0.2) is 0 Å². The van der Waals surface area contributed by atoms with Crippen LogP contribution in [0.25, 0.3) is 0 Å². The van der Waals surface area contributed by atoms with E-state index in [1.54, 1.807) is 0 Å². The fourth-order valence-corrected chi connectivity index (χ4v) is 1.21. The molecule has 74 valence electrons. The highest BCUT2D eigenvalue weighted by Crippen LogP contribution is 2.20. The van der Waals surface area contributed by atoms with Gasteiger partial charge in [-0.05, 0) is 11.6 Å². The van der Waals surface area contributed by atoms with Gasteiger partial charge >= 0.3 is 5.97 Å². The van der Waals surface area contributed by atoms with Gasteiger partial charge < -0.3 is 5.11 Å². The van der Waals surface area contributed by atoms with Crippen LogP contribution >= 0.6 is 12.6 Å². The highest BCUT2D eigenvalue weighted by Gasteiger charge is 2.11. The maximum absolute atomic E-state index is 10.4. The molecule has 0 amide bonds. The Labute approximate surface area is 84.9 Å². The Morgan fingerprint density at radius 1 is 1.57 bits per heavy atom. The minimum absolute atomic E-state index is 0.126. The third-order valence-electron chi connectivity index (χ3n) is 1.62. The summed E-state index contributed by atoms with van der Waals surface area (Å²) in [5, 5.41) is 18.9. The number of aliphatic carboxylic acids is 1. The van der Waals surface area contributed by atoms with Crippen LogP contribution in [0.1, 0.15) is 5.56 Å². The van der Waals surface area contributed by atoms with Crippen LogP contribution in [-0.2, 0) is 11.2 Å². The van der Waals surface area contributed by atoms with Crippen LogP contribution < -0.4 is 0 Å². The number of non-ortho nitro benzene ring substituents is 1. The van der Waals surface area contributed by atoms with Gasteiger partial charge in [-0.15, -0.1) is 12.6 Å². The van der Waals surface area contributed by atoms with E-state index in [0.29, 0.717) is 10.5 Å². The van der Waals surface area contributed by atoms with Gasteiger partial charge in [0, 0.05) is 17.0 Å². The molecular weight excluding hydrogens is 206 g/mol. The normalized spacial score (nSPS) is 9.79. The lowest BCUT2D eigenvalue weighted by molar-refractivity contribution is -0.385. The second-order valence-corrected chi connectivity index (χ2v) is 3.12. The van der Waals surface area contributed by atoms with Crippen molar-refractivity contribution in [1.29, 1.82) is 0 Å². The van der Waals surface area contributed by atoms with Gasteiger partial charge in [0.25, 0.3) is 5.69 Å². The van der Waals surface area contributed by atoms with Crippen LogP contribution in [-0.4, -0.2) is 16.0 Å². The number of hydrogen-bond donors (Lipinski definition) is 2. The number of carboxylic acids is 1. The van der Waals surface area contributed by atoms with E-state index in [-0.39, 0.29) is 12.1 Å². The summed E-state index contributed by atoms with van der Waals surface area (Å²) in [5.74, 6) is -1.04. The molecule has 5 nitrogen and oxygen atoms in total. The van der Waals surface area contributed by atoms with Gasteiger partial charge in [-0.25, -0.2) is 0 Å². The molecule has 0 fully saturated rings. The molecule has 1 N–H and O–H groups in total. The molecule has 0 radical (unpaired) electrons. The predicted octanol–water partition coefficient (Wildman–Crippen LogP) is 1.51. The molecule has 0 unspecified atom stereocenters. The molecule has 0 aromatic heterocycles. The van der Waals surface area contributed by atoms with Gasteiger partial charge in [-0.1, -0.05) is 0 Å². The van der Waals surface area contributed by atoms with Crippen molar-refractivity contribution in [3.8, 4) is 0 Å². The van der Waals surface area contributed by atoms with Crippen molar-refractivity contribution in [1.82, 2.24) is 0 Å². The first-order chi connectivity index (χ1) is 6.50. The highest BCUT2D eigenvalue weighted by molar-refractivity contribution is 7.80. The number of nitro groups is 1. The number of rotatable bonds is 3. The molecule has 0 saturated carbocycles. The van der Waals surface area contributed by atoms with Crippen molar-refractivity contribution in [3.63, 3.8) is 0 Å². The molecule has 0 aliphatic carbocycles. The summed E-state index contributed by atoms with van der Waals surface area (Å²) in [7, 11) is 0. The van der Waals surface area contributed by atoms with Gasteiger partial charge in [0.05, 0.1) is 11.3 Å². The minimum atomic E-state index is -1.04. The van der Waals surface area contributed by atoms with E-state index in [2.05, 4.69) is 12.6 Å². The summed E-state index contributed by atoms with van der Waals surface area (Å²) in [4.78, 5) is 20.7. The van der Waals surface area contributed by atoms with Crippen molar-refractivity contribution in [2.45, 2.75) is 11.3 Å². The fourth-order valence-electron chi connectivity index (χ4n) is 0.990. The Bertz CT molecular complexity index is 391. The minimum Gasteiger partial charge on any atom is -0.481 e. The van der Waals surface area contributed by atoms with E-state index in [1.165, 1.54) is 18.2 Å². The second-order valence-electron chi connectivity index (χ2n) is 2.64. The van der Waals surface area contributed by atoms with Crippen LogP contribution in [0.4, 0.5) is 5.69 Å². The first-order valence-corrected chi connectivity index (χ1v) is 4.13. The Kier molecular flexibility index (Phi) is 3.08. The zero-order chi connectivity index (χ0) is 10.7. The van der Waals surface area contributed by atoms with Gasteiger partial charge in [0.1, 0.15) is 0 Å². The van der Waals surface area contributed by atoms with E-state index in [9.17, 15) is 14.9 Å². The van der Waals surface area contributed by atoms with E-state index < -0.39 is 10.9 Å². The van der Waals surface area contributed by atoms with Crippen molar-refractivity contribution in [2.75, 3.05) is 0 Å². The second kappa shape index (κ2) is 4.10. The molecule has 1 aromatic carbocycles. The van der Waals surface area contributed by atoms with Crippen molar-refractivity contribution in [3.05, 3.63) is 33.9 Å². The van der Waals surface area contributed by atoms with Crippen LogP contribution in [0.3, 0.4) is 0 Å². The van der Waals surface area contributed by atoms with Gasteiger partial charge in [0.2, 0.25) is 0 Å². The number of carboxylic acid groups (broad SMARTS) is 1. The zero-order valence-corrected chi connectivity index (χ0v) is 7.90. The Hall–Kier alpha value is -1.56. The Morgan fingerprint density at radius 3 is 2.71 bits per heavy atom. The number of benzene rings is 1. The molecule has 0 heterocycles. The number of hydrogen-bond acceptors (Lipinski definition) is 4. The summed E-state index contributed by atoms with van der Waals surface area (Å²) in [6.45, 7) is 0. The summed E-state index contributed by atoms with van der Waals surface area (Å²) in [6, 6.07) is 3.92. The first kappa shape index (κ1) is 10.5. The van der Waals surface area contributed by atoms with E-state index in [1.807, 2.05) is 0 Å². The Morgan fingerprint density at radius 2 is 2.21 bits per heavy atom. The van der Waals surface area contributed by atoms with Crippen LogP contribution in [0, 0.1) is 10.1 Å². The molecule has 0 aliphatic heterocycles. The van der Waals surface area contributed by atoms with E-state index >= 15 is 0 Å². The van der Waals surface area contributed by atoms with Crippen LogP contribution in [0.5, 0.6) is 0 Å². The lowest BCUT2D eigenvalue weighted by Crippen LogP contribution is -2.01. The predicted molar refractivity (Wildman–Crippen MR) is 51.7 cm³/mol. The highest BCUT2D eigenvalue weighted by atomic mass is 32.1. The van der Waals surface area contributed by atoms with E-state index in [0.717, 1.165) is 0 Å². The summed E-state index contributed by atoms with van der Waals surface area (Å²) >= 11 is 4.00. The molecule has 6 heteroatoms. The van der Waals surface area contributed by atoms with Gasteiger partial charge in [-0.3, -0.25) is 14.9 Å². The molecule has 0 aliphatic rings. The number of thiol groups is 1. The maximum Gasteiger partial charge on any atom is 0.307 e. The largest absolute Gasteiger partial charge is 0.481 e. The molecule has 0 spiro atoms. The quantitative estimate of drug-likeness (QED) is 0.453. The monoisotopic (exact) mass is 213 g/mol. The fraction of sp³-hybridized carbons (Fsp3) is 0.125.